The molecule has 0 fully saturated rings. The number of ketones is 1. The molecule has 0 spiro atoms. The van der Waals surface area contributed by atoms with E-state index in [1.54, 1.807) is 6.92 Å². The Kier molecular flexibility index (Phi) is 3.32. The molecule has 2 rings (SSSR count). The van der Waals surface area contributed by atoms with Crippen molar-refractivity contribution in [2.45, 2.75) is 19.3 Å². The SMILES string of the molecule is CCOC(=O)CC1C(=O)C=Nc2ccccc21. The van der Waals surface area contributed by atoms with Gasteiger partial charge >= 0.3 is 5.97 Å². The summed E-state index contributed by atoms with van der Waals surface area (Å²) in [5.41, 5.74) is 1.55. The molecule has 0 N–H and O–H groups in total. The normalized spacial score (nSPS) is 17.7. The molecule has 1 aromatic rings. The number of fused-ring (bicyclic) bond motifs is 1. The molecule has 1 aliphatic rings. The minimum absolute atomic E-state index is 0.0791. The van der Waals surface area contributed by atoms with E-state index >= 15 is 0 Å². The predicted octanol–water partition coefficient (Wildman–Crippen LogP) is 2.01. The molecule has 1 aromatic carbocycles. The van der Waals surface area contributed by atoms with Crippen molar-refractivity contribution in [2.24, 2.45) is 4.99 Å². The summed E-state index contributed by atoms with van der Waals surface area (Å²) < 4.78 is 4.87. The van der Waals surface area contributed by atoms with Crippen molar-refractivity contribution in [3.8, 4) is 0 Å². The van der Waals surface area contributed by atoms with Gasteiger partial charge in [-0.15, -0.1) is 0 Å². The maximum Gasteiger partial charge on any atom is 0.306 e. The Morgan fingerprint density at radius 1 is 1.41 bits per heavy atom. The molecule has 0 amide bonds. The highest BCUT2D eigenvalue weighted by Crippen LogP contribution is 2.32. The van der Waals surface area contributed by atoms with Crippen LogP contribution in [0.2, 0.25) is 0 Å². The van der Waals surface area contributed by atoms with Crippen LogP contribution in [0.15, 0.2) is 29.3 Å². The van der Waals surface area contributed by atoms with E-state index in [4.69, 9.17) is 4.74 Å². The minimum atomic E-state index is -0.456. The van der Waals surface area contributed by atoms with Gasteiger partial charge in [0.05, 0.1) is 30.8 Å². The molecule has 1 atom stereocenters. The van der Waals surface area contributed by atoms with Crippen LogP contribution in [0.3, 0.4) is 0 Å². The maximum absolute atomic E-state index is 11.7. The Morgan fingerprint density at radius 3 is 2.94 bits per heavy atom. The fourth-order valence-electron chi connectivity index (χ4n) is 1.87. The number of carbonyl (C=O) groups is 2. The Bertz CT molecular complexity index is 479. The molecule has 17 heavy (non-hydrogen) atoms. The number of nitrogens with zero attached hydrogens (tertiary/aromatic N) is 1. The Labute approximate surface area is 99.3 Å². The maximum atomic E-state index is 11.7. The quantitative estimate of drug-likeness (QED) is 0.748. The Hall–Kier alpha value is -1.97. The highest BCUT2D eigenvalue weighted by Gasteiger charge is 2.27. The fraction of sp³-hybridized carbons (Fsp3) is 0.308. The summed E-state index contributed by atoms with van der Waals surface area (Å²) >= 11 is 0. The van der Waals surface area contributed by atoms with Crippen LogP contribution in [0, 0.1) is 0 Å². The van der Waals surface area contributed by atoms with E-state index in [2.05, 4.69) is 4.99 Å². The first-order chi connectivity index (χ1) is 8.22. The van der Waals surface area contributed by atoms with Gasteiger partial charge in [0.15, 0.2) is 5.78 Å². The van der Waals surface area contributed by atoms with Crippen LogP contribution >= 0.6 is 0 Å². The lowest BCUT2D eigenvalue weighted by Crippen LogP contribution is -2.21. The zero-order valence-corrected chi connectivity index (χ0v) is 9.55. The summed E-state index contributed by atoms with van der Waals surface area (Å²) in [6.45, 7) is 2.07. The zero-order valence-electron chi connectivity index (χ0n) is 9.55. The Morgan fingerprint density at radius 2 is 2.18 bits per heavy atom. The molecule has 4 heteroatoms. The van der Waals surface area contributed by atoms with Gasteiger partial charge < -0.3 is 4.74 Å². The van der Waals surface area contributed by atoms with E-state index in [1.165, 1.54) is 6.21 Å². The van der Waals surface area contributed by atoms with Crippen LogP contribution in [0.4, 0.5) is 5.69 Å². The number of esters is 1. The van der Waals surface area contributed by atoms with Crippen molar-refractivity contribution >= 4 is 23.7 Å². The lowest BCUT2D eigenvalue weighted by atomic mass is 9.89. The average Bonchev–Trinajstić information content (AvgIpc) is 2.33. The molecule has 1 aliphatic heterocycles. The van der Waals surface area contributed by atoms with E-state index in [1.807, 2.05) is 24.3 Å². The first kappa shape index (κ1) is 11.5. The summed E-state index contributed by atoms with van der Waals surface area (Å²) in [4.78, 5) is 27.2. The molecule has 0 saturated carbocycles. The number of rotatable bonds is 3. The highest BCUT2D eigenvalue weighted by molar-refractivity contribution is 6.32. The van der Waals surface area contributed by atoms with Crippen LogP contribution in [0.1, 0.15) is 24.8 Å². The summed E-state index contributed by atoms with van der Waals surface area (Å²) in [6.07, 6.45) is 1.36. The molecule has 0 bridgehead atoms. The third-order valence-electron chi connectivity index (χ3n) is 2.66. The molecule has 1 unspecified atom stereocenters. The van der Waals surface area contributed by atoms with Gasteiger partial charge in [-0.3, -0.25) is 14.6 Å². The number of benzene rings is 1. The predicted molar refractivity (Wildman–Crippen MR) is 63.6 cm³/mol. The Balaban J connectivity index is 2.24. The van der Waals surface area contributed by atoms with E-state index in [0.717, 1.165) is 11.3 Å². The lowest BCUT2D eigenvalue weighted by Gasteiger charge is -2.18. The monoisotopic (exact) mass is 231 g/mol. The third-order valence-corrected chi connectivity index (χ3v) is 2.66. The van der Waals surface area contributed by atoms with E-state index in [0.29, 0.717) is 6.61 Å². The molecule has 0 aromatic heterocycles. The molecule has 4 nitrogen and oxygen atoms in total. The summed E-state index contributed by atoms with van der Waals surface area (Å²) in [5.74, 6) is -0.949. The van der Waals surface area contributed by atoms with Crippen molar-refractivity contribution in [1.82, 2.24) is 0 Å². The van der Waals surface area contributed by atoms with Gasteiger partial charge in [0.2, 0.25) is 0 Å². The van der Waals surface area contributed by atoms with Crippen molar-refractivity contribution in [2.75, 3.05) is 6.61 Å². The molecule has 0 radical (unpaired) electrons. The molecule has 0 aliphatic carbocycles. The molecular formula is C13H13NO3. The number of hydrogen-bond acceptors (Lipinski definition) is 4. The number of ether oxygens (including phenoxy) is 1. The highest BCUT2D eigenvalue weighted by atomic mass is 16.5. The second-order valence-electron chi connectivity index (χ2n) is 3.78. The minimum Gasteiger partial charge on any atom is -0.466 e. The number of carbonyl (C=O) groups excluding carboxylic acids is 2. The second-order valence-corrected chi connectivity index (χ2v) is 3.78. The zero-order chi connectivity index (χ0) is 12.3. The van der Waals surface area contributed by atoms with Crippen molar-refractivity contribution in [3.63, 3.8) is 0 Å². The van der Waals surface area contributed by atoms with Gasteiger partial charge in [0, 0.05) is 0 Å². The van der Waals surface area contributed by atoms with Gasteiger partial charge in [-0.2, -0.15) is 0 Å². The summed E-state index contributed by atoms with van der Waals surface area (Å²) in [6, 6.07) is 7.35. The van der Waals surface area contributed by atoms with E-state index in [-0.39, 0.29) is 18.2 Å². The van der Waals surface area contributed by atoms with Crippen LogP contribution in [-0.2, 0) is 14.3 Å². The molecule has 88 valence electrons. The summed E-state index contributed by atoms with van der Waals surface area (Å²) in [7, 11) is 0. The van der Waals surface area contributed by atoms with Crippen LogP contribution < -0.4 is 0 Å². The van der Waals surface area contributed by atoms with Crippen molar-refractivity contribution in [3.05, 3.63) is 29.8 Å². The van der Waals surface area contributed by atoms with E-state index in [9.17, 15) is 9.59 Å². The number of Topliss-reactive ketones (excluding diaryl/α,β-unsaturated/α-hetero) is 1. The largest absolute Gasteiger partial charge is 0.466 e. The van der Waals surface area contributed by atoms with Gasteiger partial charge in [0.1, 0.15) is 0 Å². The number of hydrogen-bond donors (Lipinski definition) is 0. The van der Waals surface area contributed by atoms with Crippen molar-refractivity contribution < 1.29 is 14.3 Å². The van der Waals surface area contributed by atoms with Gasteiger partial charge in [-0.25, -0.2) is 0 Å². The van der Waals surface area contributed by atoms with Crippen molar-refractivity contribution in [1.29, 1.82) is 0 Å². The number of para-hydroxylation sites is 1. The summed E-state index contributed by atoms with van der Waals surface area (Å²) in [5, 5.41) is 0. The first-order valence-corrected chi connectivity index (χ1v) is 5.55. The van der Waals surface area contributed by atoms with Gasteiger partial charge in [-0.05, 0) is 18.6 Å². The molecule has 1 heterocycles. The van der Waals surface area contributed by atoms with Crippen LogP contribution in [-0.4, -0.2) is 24.6 Å². The van der Waals surface area contributed by atoms with E-state index < -0.39 is 5.92 Å². The van der Waals surface area contributed by atoms with Gasteiger partial charge in [0.25, 0.3) is 0 Å². The van der Waals surface area contributed by atoms with Gasteiger partial charge in [-0.1, -0.05) is 18.2 Å². The molecule has 0 saturated heterocycles. The third kappa shape index (κ3) is 2.41. The topological polar surface area (TPSA) is 55.7 Å². The van der Waals surface area contributed by atoms with Crippen LogP contribution in [0.5, 0.6) is 0 Å². The standard InChI is InChI=1S/C13H13NO3/c1-2-17-13(16)7-10-9-5-3-4-6-11(9)14-8-12(10)15/h3-6,8,10H,2,7H2,1H3. The fourth-order valence-corrected chi connectivity index (χ4v) is 1.87. The number of aliphatic imine (C=N–C) groups is 1. The average molecular weight is 231 g/mol. The van der Waals surface area contributed by atoms with Crippen LogP contribution in [0.25, 0.3) is 0 Å². The second kappa shape index (κ2) is 4.91. The first-order valence-electron chi connectivity index (χ1n) is 5.55. The molecular weight excluding hydrogens is 218 g/mol. The smallest absolute Gasteiger partial charge is 0.306 e. The lowest BCUT2D eigenvalue weighted by molar-refractivity contribution is -0.144.